The minimum atomic E-state index is 0.248. The first-order valence-corrected chi connectivity index (χ1v) is 6.95. The van der Waals surface area contributed by atoms with Gasteiger partial charge in [0.2, 0.25) is 0 Å². The summed E-state index contributed by atoms with van der Waals surface area (Å²) in [5.41, 5.74) is 3.59. The monoisotopic (exact) mass is 307 g/mol. The van der Waals surface area contributed by atoms with Gasteiger partial charge in [-0.1, -0.05) is 22.0 Å². The molecule has 1 N–H and O–H groups in total. The number of halogens is 1. The molecule has 18 heavy (non-hydrogen) atoms. The van der Waals surface area contributed by atoms with E-state index in [1.807, 2.05) is 16.9 Å². The van der Waals surface area contributed by atoms with Gasteiger partial charge in [0.15, 0.2) is 0 Å². The number of rotatable bonds is 4. The number of aryl methyl sites for hydroxylation is 1. The highest BCUT2D eigenvalue weighted by atomic mass is 79.9. The SMILES string of the molecule is CCn1cc(C(C)Nc2cccc(Br)c2C)cn1. The van der Waals surface area contributed by atoms with Crippen LogP contribution in [0.3, 0.4) is 0 Å². The fourth-order valence-electron chi connectivity index (χ4n) is 1.86. The van der Waals surface area contributed by atoms with Gasteiger partial charge in [0.05, 0.1) is 12.2 Å². The Hall–Kier alpha value is -1.29. The van der Waals surface area contributed by atoms with Gasteiger partial charge < -0.3 is 5.32 Å². The predicted molar refractivity (Wildman–Crippen MR) is 78.8 cm³/mol. The Labute approximate surface area is 116 Å². The quantitative estimate of drug-likeness (QED) is 0.919. The minimum absolute atomic E-state index is 0.248. The third-order valence-corrected chi connectivity index (χ3v) is 3.98. The number of nitrogens with zero attached hydrogens (tertiary/aromatic N) is 2. The van der Waals surface area contributed by atoms with Crippen molar-refractivity contribution in [1.29, 1.82) is 0 Å². The molecule has 0 saturated heterocycles. The lowest BCUT2D eigenvalue weighted by Gasteiger charge is -2.16. The van der Waals surface area contributed by atoms with Crippen molar-refractivity contribution < 1.29 is 0 Å². The van der Waals surface area contributed by atoms with Gasteiger partial charge in [-0.3, -0.25) is 4.68 Å². The van der Waals surface area contributed by atoms with Crippen LogP contribution in [0.1, 0.15) is 31.0 Å². The number of anilines is 1. The van der Waals surface area contributed by atoms with E-state index in [9.17, 15) is 0 Å². The first-order valence-electron chi connectivity index (χ1n) is 6.15. The second-order valence-electron chi connectivity index (χ2n) is 4.41. The largest absolute Gasteiger partial charge is 0.378 e. The van der Waals surface area contributed by atoms with Crippen LogP contribution in [0.5, 0.6) is 0 Å². The minimum Gasteiger partial charge on any atom is -0.378 e. The number of hydrogen-bond acceptors (Lipinski definition) is 2. The summed E-state index contributed by atoms with van der Waals surface area (Å²) >= 11 is 3.55. The summed E-state index contributed by atoms with van der Waals surface area (Å²) in [5.74, 6) is 0. The second kappa shape index (κ2) is 5.57. The van der Waals surface area contributed by atoms with E-state index in [0.717, 1.165) is 16.7 Å². The Kier molecular flexibility index (Phi) is 4.07. The molecule has 1 heterocycles. The van der Waals surface area contributed by atoms with Gasteiger partial charge in [-0.05, 0) is 38.5 Å². The van der Waals surface area contributed by atoms with Crippen molar-refractivity contribution >= 4 is 21.6 Å². The van der Waals surface area contributed by atoms with Crippen LogP contribution in [0.15, 0.2) is 35.1 Å². The molecule has 2 rings (SSSR count). The number of nitrogens with one attached hydrogen (secondary N) is 1. The molecule has 0 fully saturated rings. The standard InChI is InChI=1S/C14H18BrN3/c1-4-18-9-12(8-16-18)11(3)17-14-7-5-6-13(15)10(14)2/h5-9,11,17H,4H2,1-3H3. The summed E-state index contributed by atoms with van der Waals surface area (Å²) in [6.45, 7) is 7.25. The highest BCUT2D eigenvalue weighted by molar-refractivity contribution is 9.10. The van der Waals surface area contributed by atoms with Crippen LogP contribution in [0, 0.1) is 6.92 Å². The first-order chi connectivity index (χ1) is 8.61. The van der Waals surface area contributed by atoms with Crippen molar-refractivity contribution in [3.63, 3.8) is 0 Å². The van der Waals surface area contributed by atoms with Crippen molar-refractivity contribution in [2.45, 2.75) is 33.4 Å². The van der Waals surface area contributed by atoms with Gasteiger partial charge in [-0.2, -0.15) is 5.10 Å². The zero-order chi connectivity index (χ0) is 13.1. The van der Waals surface area contributed by atoms with E-state index in [0.29, 0.717) is 0 Å². The summed E-state index contributed by atoms with van der Waals surface area (Å²) in [5, 5.41) is 7.83. The van der Waals surface area contributed by atoms with E-state index in [1.165, 1.54) is 11.1 Å². The van der Waals surface area contributed by atoms with Crippen LogP contribution in [-0.4, -0.2) is 9.78 Å². The molecule has 1 aromatic heterocycles. The van der Waals surface area contributed by atoms with Crippen molar-refractivity contribution in [2.75, 3.05) is 5.32 Å². The van der Waals surface area contributed by atoms with E-state index in [2.05, 4.69) is 65.4 Å². The van der Waals surface area contributed by atoms with E-state index >= 15 is 0 Å². The summed E-state index contributed by atoms with van der Waals surface area (Å²) < 4.78 is 3.07. The summed E-state index contributed by atoms with van der Waals surface area (Å²) in [4.78, 5) is 0. The molecule has 2 aromatic rings. The lowest BCUT2D eigenvalue weighted by molar-refractivity contribution is 0.658. The second-order valence-corrected chi connectivity index (χ2v) is 5.26. The molecule has 0 bridgehead atoms. The summed E-state index contributed by atoms with van der Waals surface area (Å²) in [6.07, 6.45) is 4.01. The Morgan fingerprint density at radius 1 is 1.44 bits per heavy atom. The van der Waals surface area contributed by atoms with Crippen LogP contribution in [0.4, 0.5) is 5.69 Å². The zero-order valence-electron chi connectivity index (χ0n) is 10.9. The van der Waals surface area contributed by atoms with E-state index < -0.39 is 0 Å². The molecule has 96 valence electrons. The van der Waals surface area contributed by atoms with Crippen LogP contribution in [0.2, 0.25) is 0 Å². The average molecular weight is 308 g/mol. The molecule has 1 unspecified atom stereocenters. The van der Waals surface area contributed by atoms with E-state index in [1.54, 1.807) is 0 Å². The van der Waals surface area contributed by atoms with Crippen molar-refractivity contribution in [1.82, 2.24) is 9.78 Å². The zero-order valence-corrected chi connectivity index (χ0v) is 12.5. The Morgan fingerprint density at radius 2 is 2.22 bits per heavy atom. The summed E-state index contributed by atoms with van der Waals surface area (Å²) in [7, 11) is 0. The highest BCUT2D eigenvalue weighted by Gasteiger charge is 2.09. The van der Waals surface area contributed by atoms with Crippen LogP contribution in [0.25, 0.3) is 0 Å². The average Bonchev–Trinajstić information content (AvgIpc) is 2.83. The molecule has 0 aliphatic heterocycles. The fourth-order valence-corrected chi connectivity index (χ4v) is 2.22. The molecule has 0 radical (unpaired) electrons. The molecule has 1 aromatic carbocycles. The molecule has 0 aliphatic rings. The molecular weight excluding hydrogens is 290 g/mol. The van der Waals surface area contributed by atoms with Crippen molar-refractivity contribution in [3.05, 3.63) is 46.2 Å². The molecular formula is C14H18BrN3. The molecule has 4 heteroatoms. The third-order valence-electron chi connectivity index (χ3n) is 3.12. The topological polar surface area (TPSA) is 29.9 Å². The fraction of sp³-hybridized carbons (Fsp3) is 0.357. The van der Waals surface area contributed by atoms with Gasteiger partial charge in [0.25, 0.3) is 0 Å². The number of aromatic nitrogens is 2. The third kappa shape index (κ3) is 2.75. The molecule has 1 atom stereocenters. The Balaban J connectivity index is 2.15. The van der Waals surface area contributed by atoms with Gasteiger partial charge in [0, 0.05) is 28.5 Å². The molecule has 0 saturated carbocycles. The van der Waals surface area contributed by atoms with Crippen molar-refractivity contribution in [3.8, 4) is 0 Å². The predicted octanol–water partition coefficient (Wildman–Crippen LogP) is 4.15. The number of hydrogen-bond donors (Lipinski definition) is 1. The van der Waals surface area contributed by atoms with Crippen LogP contribution in [-0.2, 0) is 6.54 Å². The maximum Gasteiger partial charge on any atom is 0.0542 e. The molecule has 0 amide bonds. The Bertz CT molecular complexity index is 534. The lowest BCUT2D eigenvalue weighted by Crippen LogP contribution is -2.07. The first kappa shape index (κ1) is 13.1. The smallest absolute Gasteiger partial charge is 0.0542 e. The normalized spacial score (nSPS) is 12.4. The summed E-state index contributed by atoms with van der Waals surface area (Å²) in [6, 6.07) is 6.45. The lowest BCUT2D eigenvalue weighted by atomic mass is 10.1. The Morgan fingerprint density at radius 3 is 2.89 bits per heavy atom. The van der Waals surface area contributed by atoms with Gasteiger partial charge >= 0.3 is 0 Å². The maximum absolute atomic E-state index is 4.30. The van der Waals surface area contributed by atoms with E-state index in [4.69, 9.17) is 0 Å². The molecule has 0 spiro atoms. The molecule has 0 aliphatic carbocycles. The van der Waals surface area contributed by atoms with Gasteiger partial charge in [0.1, 0.15) is 0 Å². The van der Waals surface area contributed by atoms with Gasteiger partial charge in [-0.25, -0.2) is 0 Å². The number of benzene rings is 1. The molecule has 3 nitrogen and oxygen atoms in total. The van der Waals surface area contributed by atoms with Crippen LogP contribution >= 0.6 is 15.9 Å². The highest BCUT2D eigenvalue weighted by Crippen LogP contribution is 2.26. The maximum atomic E-state index is 4.30. The van der Waals surface area contributed by atoms with Crippen molar-refractivity contribution in [2.24, 2.45) is 0 Å². The van der Waals surface area contributed by atoms with Gasteiger partial charge in [-0.15, -0.1) is 0 Å². The van der Waals surface area contributed by atoms with E-state index in [-0.39, 0.29) is 6.04 Å². The van der Waals surface area contributed by atoms with Crippen LogP contribution < -0.4 is 5.32 Å².